The molecule has 0 fully saturated rings. The summed E-state index contributed by atoms with van der Waals surface area (Å²) in [6.07, 6.45) is 6.25. The second-order valence-corrected chi connectivity index (χ2v) is 4.00. The van der Waals surface area contributed by atoms with Crippen LogP contribution in [0.15, 0.2) is 45.8 Å². The lowest BCUT2D eigenvalue weighted by atomic mass is 10.1. The number of carbonyl (C=O) groups is 1. The largest absolute Gasteiger partial charge is 0.472 e. The molecule has 1 unspecified atom stereocenters. The maximum atomic E-state index is 11.7. The Balaban J connectivity index is 1.77. The molecule has 1 amide bonds. The van der Waals surface area contributed by atoms with Crippen LogP contribution in [0.2, 0.25) is 0 Å². The smallest absolute Gasteiger partial charge is 0.254 e. The van der Waals surface area contributed by atoms with Crippen molar-refractivity contribution in [1.82, 2.24) is 5.32 Å². The van der Waals surface area contributed by atoms with E-state index in [0.717, 1.165) is 18.6 Å². The van der Waals surface area contributed by atoms with Crippen molar-refractivity contribution in [1.29, 1.82) is 0 Å². The predicted octanol–water partition coefficient (Wildman–Crippen LogP) is 2.62. The van der Waals surface area contributed by atoms with Gasteiger partial charge in [-0.2, -0.15) is 0 Å². The summed E-state index contributed by atoms with van der Waals surface area (Å²) in [6.45, 7) is 1.97. The molecular formula is C13H15NO3. The van der Waals surface area contributed by atoms with Crippen LogP contribution in [0.4, 0.5) is 0 Å². The standard InChI is InChI=1S/C13H15NO3/c1-10(4-5-12-3-2-7-17-12)14-13(15)11-6-8-16-9-11/h2-3,6-10H,4-5H2,1H3,(H,14,15). The molecule has 0 spiro atoms. The summed E-state index contributed by atoms with van der Waals surface area (Å²) in [5.41, 5.74) is 0.551. The molecule has 2 heterocycles. The van der Waals surface area contributed by atoms with Crippen molar-refractivity contribution < 1.29 is 13.6 Å². The highest BCUT2D eigenvalue weighted by Gasteiger charge is 2.11. The van der Waals surface area contributed by atoms with E-state index in [-0.39, 0.29) is 11.9 Å². The van der Waals surface area contributed by atoms with Gasteiger partial charge in [-0.15, -0.1) is 0 Å². The average molecular weight is 233 g/mol. The molecule has 2 aromatic rings. The molecule has 4 nitrogen and oxygen atoms in total. The normalized spacial score (nSPS) is 12.3. The van der Waals surface area contributed by atoms with Crippen LogP contribution in [-0.4, -0.2) is 11.9 Å². The molecule has 0 saturated carbocycles. The molecule has 0 aliphatic heterocycles. The number of rotatable bonds is 5. The topological polar surface area (TPSA) is 55.4 Å². The van der Waals surface area contributed by atoms with E-state index in [2.05, 4.69) is 5.32 Å². The fourth-order valence-electron chi connectivity index (χ4n) is 1.59. The van der Waals surface area contributed by atoms with Gasteiger partial charge in [-0.1, -0.05) is 0 Å². The van der Waals surface area contributed by atoms with E-state index in [0.29, 0.717) is 5.56 Å². The molecule has 4 heteroatoms. The quantitative estimate of drug-likeness (QED) is 0.863. The number of aryl methyl sites for hydroxylation is 1. The van der Waals surface area contributed by atoms with E-state index in [9.17, 15) is 4.79 Å². The lowest BCUT2D eigenvalue weighted by Crippen LogP contribution is -2.32. The van der Waals surface area contributed by atoms with Crippen LogP contribution in [0.25, 0.3) is 0 Å². The van der Waals surface area contributed by atoms with E-state index >= 15 is 0 Å². The van der Waals surface area contributed by atoms with E-state index in [4.69, 9.17) is 8.83 Å². The third-order valence-electron chi connectivity index (χ3n) is 2.56. The van der Waals surface area contributed by atoms with Gasteiger partial charge in [0.05, 0.1) is 18.1 Å². The Bertz CT molecular complexity index is 445. The first-order valence-electron chi connectivity index (χ1n) is 5.61. The van der Waals surface area contributed by atoms with Crippen molar-refractivity contribution in [3.63, 3.8) is 0 Å². The van der Waals surface area contributed by atoms with Crippen molar-refractivity contribution in [2.24, 2.45) is 0 Å². The van der Waals surface area contributed by atoms with E-state index in [1.807, 2.05) is 19.1 Å². The Morgan fingerprint density at radius 1 is 1.41 bits per heavy atom. The zero-order valence-corrected chi connectivity index (χ0v) is 9.68. The number of carbonyl (C=O) groups excluding carboxylic acids is 1. The van der Waals surface area contributed by atoms with Gasteiger partial charge in [-0.25, -0.2) is 0 Å². The monoisotopic (exact) mass is 233 g/mol. The maximum absolute atomic E-state index is 11.7. The highest BCUT2D eigenvalue weighted by molar-refractivity contribution is 5.93. The zero-order chi connectivity index (χ0) is 12.1. The van der Waals surface area contributed by atoms with Gasteiger partial charge in [0.2, 0.25) is 0 Å². The minimum Gasteiger partial charge on any atom is -0.472 e. The Morgan fingerprint density at radius 2 is 2.29 bits per heavy atom. The molecule has 0 aromatic carbocycles. The van der Waals surface area contributed by atoms with Gasteiger partial charge >= 0.3 is 0 Å². The second-order valence-electron chi connectivity index (χ2n) is 4.00. The Labute approximate surface area is 99.6 Å². The van der Waals surface area contributed by atoms with Crippen molar-refractivity contribution in [3.05, 3.63) is 48.3 Å². The van der Waals surface area contributed by atoms with Crippen LogP contribution >= 0.6 is 0 Å². The van der Waals surface area contributed by atoms with Crippen LogP contribution in [0, 0.1) is 0 Å². The highest BCUT2D eigenvalue weighted by atomic mass is 16.3. The molecule has 0 bridgehead atoms. The van der Waals surface area contributed by atoms with Gasteiger partial charge < -0.3 is 14.2 Å². The first-order valence-corrected chi connectivity index (χ1v) is 5.61. The molecule has 0 saturated heterocycles. The van der Waals surface area contributed by atoms with Crippen molar-refractivity contribution in [2.75, 3.05) is 0 Å². The number of hydrogen-bond donors (Lipinski definition) is 1. The summed E-state index contributed by atoms with van der Waals surface area (Å²) in [5.74, 6) is 0.833. The van der Waals surface area contributed by atoms with Crippen molar-refractivity contribution in [2.45, 2.75) is 25.8 Å². The summed E-state index contributed by atoms with van der Waals surface area (Å²) in [6, 6.07) is 5.55. The maximum Gasteiger partial charge on any atom is 0.254 e. The summed E-state index contributed by atoms with van der Waals surface area (Å²) >= 11 is 0. The lowest BCUT2D eigenvalue weighted by molar-refractivity contribution is 0.0937. The van der Waals surface area contributed by atoms with Gasteiger partial charge in [0.15, 0.2) is 0 Å². The summed E-state index contributed by atoms with van der Waals surface area (Å²) in [7, 11) is 0. The molecule has 2 aromatic heterocycles. The fraction of sp³-hybridized carbons (Fsp3) is 0.308. The second kappa shape index (κ2) is 5.39. The van der Waals surface area contributed by atoms with Crippen LogP contribution in [-0.2, 0) is 6.42 Å². The van der Waals surface area contributed by atoms with Crippen molar-refractivity contribution in [3.8, 4) is 0 Å². The molecule has 1 N–H and O–H groups in total. The van der Waals surface area contributed by atoms with Crippen LogP contribution in [0.1, 0.15) is 29.5 Å². The molecule has 2 rings (SSSR count). The SMILES string of the molecule is CC(CCc1ccco1)NC(=O)c1ccoc1. The van der Waals surface area contributed by atoms with Crippen LogP contribution in [0.5, 0.6) is 0 Å². The fourth-order valence-corrected chi connectivity index (χ4v) is 1.59. The Kier molecular flexibility index (Phi) is 3.65. The summed E-state index contributed by atoms with van der Waals surface area (Å²) in [5, 5.41) is 2.90. The highest BCUT2D eigenvalue weighted by Crippen LogP contribution is 2.07. The molecule has 17 heavy (non-hydrogen) atoms. The minimum atomic E-state index is -0.106. The van der Waals surface area contributed by atoms with E-state index in [1.165, 1.54) is 12.5 Å². The third-order valence-corrected chi connectivity index (χ3v) is 2.56. The van der Waals surface area contributed by atoms with Crippen molar-refractivity contribution >= 4 is 5.91 Å². The molecule has 1 atom stereocenters. The zero-order valence-electron chi connectivity index (χ0n) is 9.68. The summed E-state index contributed by atoms with van der Waals surface area (Å²) in [4.78, 5) is 11.7. The van der Waals surface area contributed by atoms with Gasteiger partial charge in [0.25, 0.3) is 5.91 Å². The Hall–Kier alpha value is -1.97. The number of furan rings is 2. The van der Waals surface area contributed by atoms with Gasteiger partial charge in [0.1, 0.15) is 12.0 Å². The predicted molar refractivity (Wildman–Crippen MR) is 62.7 cm³/mol. The molecule has 0 aliphatic rings. The molecule has 0 radical (unpaired) electrons. The Morgan fingerprint density at radius 3 is 2.94 bits per heavy atom. The van der Waals surface area contributed by atoms with Crippen LogP contribution in [0.3, 0.4) is 0 Å². The first kappa shape index (κ1) is 11.5. The van der Waals surface area contributed by atoms with Gasteiger partial charge in [-0.3, -0.25) is 4.79 Å². The van der Waals surface area contributed by atoms with Crippen LogP contribution < -0.4 is 5.32 Å². The number of amides is 1. The lowest BCUT2D eigenvalue weighted by Gasteiger charge is -2.12. The molecular weight excluding hydrogens is 218 g/mol. The van der Waals surface area contributed by atoms with Gasteiger partial charge in [-0.05, 0) is 31.5 Å². The number of nitrogens with one attached hydrogen (secondary N) is 1. The van der Waals surface area contributed by atoms with E-state index in [1.54, 1.807) is 12.3 Å². The number of hydrogen-bond acceptors (Lipinski definition) is 3. The third kappa shape index (κ3) is 3.24. The molecule has 0 aliphatic carbocycles. The minimum absolute atomic E-state index is 0.0995. The van der Waals surface area contributed by atoms with Gasteiger partial charge in [0, 0.05) is 12.5 Å². The first-order chi connectivity index (χ1) is 8.25. The summed E-state index contributed by atoms with van der Waals surface area (Å²) < 4.78 is 10.1. The average Bonchev–Trinajstić information content (AvgIpc) is 2.99. The van der Waals surface area contributed by atoms with E-state index < -0.39 is 0 Å². The molecule has 90 valence electrons.